The van der Waals surface area contributed by atoms with Crippen LogP contribution in [0, 0.1) is 11.7 Å². The van der Waals surface area contributed by atoms with E-state index in [1.165, 1.54) is 18.2 Å². The number of rotatable bonds is 8. The number of anilines is 1. The Hall–Kier alpha value is -1.67. The molecule has 136 valence electrons. The van der Waals surface area contributed by atoms with Gasteiger partial charge in [0.2, 0.25) is 15.9 Å². The molecule has 1 rings (SSSR count). The quantitative estimate of drug-likeness (QED) is 0.740. The molecule has 1 aromatic carbocycles. The minimum atomic E-state index is -3.75. The predicted molar refractivity (Wildman–Crippen MR) is 93.7 cm³/mol. The molecule has 0 aliphatic carbocycles. The van der Waals surface area contributed by atoms with Crippen LogP contribution in [-0.2, 0) is 14.8 Å². The van der Waals surface area contributed by atoms with Crippen molar-refractivity contribution in [3.8, 4) is 0 Å². The van der Waals surface area contributed by atoms with Crippen LogP contribution in [-0.4, -0.2) is 51.2 Å². The molecule has 1 amide bonds. The summed E-state index contributed by atoms with van der Waals surface area (Å²) in [5, 5.41) is 2.77. The van der Waals surface area contributed by atoms with Crippen LogP contribution in [0.15, 0.2) is 24.3 Å². The molecule has 0 radical (unpaired) electrons. The number of hydrogen-bond acceptors (Lipinski definition) is 4. The van der Waals surface area contributed by atoms with Crippen molar-refractivity contribution in [3.05, 3.63) is 30.1 Å². The Morgan fingerprint density at radius 2 is 1.96 bits per heavy atom. The van der Waals surface area contributed by atoms with Crippen molar-refractivity contribution in [1.82, 2.24) is 10.2 Å². The van der Waals surface area contributed by atoms with E-state index in [1.807, 2.05) is 32.8 Å². The van der Waals surface area contributed by atoms with Crippen molar-refractivity contribution in [2.75, 3.05) is 31.1 Å². The van der Waals surface area contributed by atoms with Crippen LogP contribution in [0.4, 0.5) is 10.1 Å². The molecule has 0 spiro atoms. The molecule has 6 nitrogen and oxygen atoms in total. The fourth-order valence-electron chi connectivity index (χ4n) is 1.81. The van der Waals surface area contributed by atoms with E-state index in [1.54, 1.807) is 6.92 Å². The first-order chi connectivity index (χ1) is 10.9. The number of carbonyl (C=O) groups is 1. The molecule has 1 aromatic rings. The highest BCUT2D eigenvalue weighted by molar-refractivity contribution is 7.92. The lowest BCUT2D eigenvalue weighted by molar-refractivity contribution is -0.124. The highest BCUT2D eigenvalue weighted by atomic mass is 32.2. The number of benzene rings is 1. The van der Waals surface area contributed by atoms with Gasteiger partial charge in [0.05, 0.1) is 17.4 Å². The Kier molecular flexibility index (Phi) is 6.74. The van der Waals surface area contributed by atoms with Crippen molar-refractivity contribution in [2.24, 2.45) is 5.92 Å². The third kappa shape index (κ3) is 6.45. The summed E-state index contributed by atoms with van der Waals surface area (Å²) < 4.78 is 39.6. The van der Waals surface area contributed by atoms with Crippen molar-refractivity contribution in [3.63, 3.8) is 0 Å². The van der Waals surface area contributed by atoms with Crippen LogP contribution in [0.5, 0.6) is 0 Å². The number of likely N-dealkylation sites (N-methyl/N-ethyl adjacent to an activating group) is 1. The highest BCUT2D eigenvalue weighted by Gasteiger charge is 2.25. The maximum Gasteiger partial charge on any atom is 0.233 e. The van der Waals surface area contributed by atoms with Crippen molar-refractivity contribution in [2.45, 2.75) is 26.3 Å². The molecule has 2 N–H and O–H groups in total. The standard InChI is InChI=1S/C16H26FN3O3S/c1-12(15(21)18-11-16(2,3)20(4)5)10-24(22,23)19-14-8-6-7-13(17)9-14/h6-9,12,19H,10-11H2,1-5H3,(H,18,21). The van der Waals surface area contributed by atoms with E-state index < -0.39 is 21.8 Å². The third-order valence-electron chi connectivity index (χ3n) is 3.92. The Morgan fingerprint density at radius 3 is 2.50 bits per heavy atom. The minimum absolute atomic E-state index is 0.136. The molecule has 0 saturated heterocycles. The summed E-state index contributed by atoms with van der Waals surface area (Å²) in [6.07, 6.45) is 0. The fourth-order valence-corrected chi connectivity index (χ4v) is 3.19. The summed E-state index contributed by atoms with van der Waals surface area (Å²) in [6, 6.07) is 5.17. The number of nitrogens with one attached hydrogen (secondary N) is 2. The van der Waals surface area contributed by atoms with Gasteiger partial charge in [0.25, 0.3) is 0 Å². The lowest BCUT2D eigenvalue weighted by Gasteiger charge is -2.33. The Bertz CT molecular complexity index is 675. The van der Waals surface area contributed by atoms with Crippen LogP contribution in [0.1, 0.15) is 20.8 Å². The molecule has 0 heterocycles. The van der Waals surface area contributed by atoms with Gasteiger partial charge in [0, 0.05) is 12.1 Å². The second-order valence-electron chi connectivity index (χ2n) is 6.72. The smallest absolute Gasteiger partial charge is 0.233 e. The number of sulfonamides is 1. The second kappa shape index (κ2) is 7.94. The van der Waals surface area contributed by atoms with Gasteiger partial charge < -0.3 is 10.2 Å². The first kappa shape index (κ1) is 20.4. The highest BCUT2D eigenvalue weighted by Crippen LogP contribution is 2.13. The SMILES string of the molecule is CC(CS(=O)(=O)Nc1cccc(F)c1)C(=O)NCC(C)(C)N(C)C. The normalized spacial score (nSPS) is 13.6. The molecule has 0 aromatic heterocycles. The molecule has 0 bridgehead atoms. The van der Waals surface area contributed by atoms with Gasteiger partial charge in [-0.15, -0.1) is 0 Å². The molecular formula is C16H26FN3O3S. The largest absolute Gasteiger partial charge is 0.354 e. The van der Waals surface area contributed by atoms with E-state index in [0.29, 0.717) is 6.54 Å². The van der Waals surface area contributed by atoms with Crippen LogP contribution in [0.2, 0.25) is 0 Å². The first-order valence-corrected chi connectivity index (χ1v) is 9.29. The third-order valence-corrected chi connectivity index (χ3v) is 5.41. The van der Waals surface area contributed by atoms with Crippen molar-refractivity contribution >= 4 is 21.6 Å². The van der Waals surface area contributed by atoms with Gasteiger partial charge in [-0.1, -0.05) is 13.0 Å². The number of nitrogens with zero attached hydrogens (tertiary/aromatic N) is 1. The number of amides is 1. The summed E-state index contributed by atoms with van der Waals surface area (Å²) in [6.45, 7) is 5.89. The molecule has 24 heavy (non-hydrogen) atoms. The van der Waals surface area contributed by atoms with Crippen LogP contribution in [0.3, 0.4) is 0 Å². The summed E-state index contributed by atoms with van der Waals surface area (Å²) in [5.41, 5.74) is -0.106. The van der Waals surface area contributed by atoms with E-state index in [2.05, 4.69) is 10.0 Å². The van der Waals surface area contributed by atoms with Crippen LogP contribution >= 0.6 is 0 Å². The minimum Gasteiger partial charge on any atom is -0.354 e. The lowest BCUT2D eigenvalue weighted by Crippen LogP contribution is -2.49. The van der Waals surface area contributed by atoms with Crippen LogP contribution < -0.4 is 10.0 Å². The van der Waals surface area contributed by atoms with E-state index in [0.717, 1.165) is 6.07 Å². The summed E-state index contributed by atoms with van der Waals surface area (Å²) in [5.74, 6) is -1.98. The number of carbonyl (C=O) groups excluding carboxylic acids is 1. The average Bonchev–Trinajstić information content (AvgIpc) is 2.43. The molecule has 0 saturated carbocycles. The van der Waals surface area contributed by atoms with E-state index >= 15 is 0 Å². The molecule has 1 atom stereocenters. The van der Waals surface area contributed by atoms with Crippen LogP contribution in [0.25, 0.3) is 0 Å². The first-order valence-electron chi connectivity index (χ1n) is 7.64. The zero-order valence-corrected chi connectivity index (χ0v) is 15.6. The molecule has 0 aliphatic rings. The molecule has 0 fully saturated rings. The van der Waals surface area contributed by atoms with Gasteiger partial charge in [-0.05, 0) is 46.1 Å². The molecule has 0 aliphatic heterocycles. The van der Waals surface area contributed by atoms with E-state index in [4.69, 9.17) is 0 Å². The zero-order valence-electron chi connectivity index (χ0n) is 14.8. The molecule has 1 unspecified atom stereocenters. The van der Waals surface area contributed by atoms with E-state index in [-0.39, 0.29) is 22.9 Å². The van der Waals surface area contributed by atoms with Gasteiger partial charge in [-0.25, -0.2) is 12.8 Å². The second-order valence-corrected chi connectivity index (χ2v) is 8.49. The van der Waals surface area contributed by atoms with E-state index in [9.17, 15) is 17.6 Å². The number of halogens is 1. The predicted octanol–water partition coefficient (Wildman–Crippen LogP) is 1.66. The summed E-state index contributed by atoms with van der Waals surface area (Å²) in [4.78, 5) is 14.1. The van der Waals surface area contributed by atoms with Gasteiger partial charge in [-0.2, -0.15) is 0 Å². The van der Waals surface area contributed by atoms with Gasteiger partial charge in [-0.3, -0.25) is 9.52 Å². The Morgan fingerprint density at radius 1 is 1.33 bits per heavy atom. The maximum atomic E-state index is 13.1. The number of hydrogen-bond donors (Lipinski definition) is 2. The fraction of sp³-hybridized carbons (Fsp3) is 0.562. The van der Waals surface area contributed by atoms with Gasteiger partial charge in [0.1, 0.15) is 5.82 Å². The van der Waals surface area contributed by atoms with Gasteiger partial charge >= 0.3 is 0 Å². The maximum absolute atomic E-state index is 13.1. The average molecular weight is 359 g/mol. The van der Waals surface area contributed by atoms with Gasteiger partial charge in [0.15, 0.2) is 0 Å². The Labute approximate surface area is 143 Å². The summed E-state index contributed by atoms with van der Waals surface area (Å²) in [7, 11) is 0.0577. The molecule has 8 heteroatoms. The van der Waals surface area contributed by atoms with Crippen molar-refractivity contribution < 1.29 is 17.6 Å². The lowest BCUT2D eigenvalue weighted by atomic mass is 10.0. The zero-order chi connectivity index (χ0) is 18.5. The van der Waals surface area contributed by atoms with Crippen molar-refractivity contribution in [1.29, 1.82) is 0 Å². The topological polar surface area (TPSA) is 78.5 Å². The summed E-state index contributed by atoms with van der Waals surface area (Å²) >= 11 is 0. The Balaban J connectivity index is 2.62. The monoisotopic (exact) mass is 359 g/mol. The molecular weight excluding hydrogens is 333 g/mol.